The number of halogens is 2. The van der Waals surface area contributed by atoms with Crippen molar-refractivity contribution in [2.75, 3.05) is 6.61 Å². The van der Waals surface area contributed by atoms with Crippen molar-refractivity contribution < 1.29 is 9.13 Å². The number of hydrogen-bond donors (Lipinski definition) is 0. The van der Waals surface area contributed by atoms with E-state index in [1.807, 2.05) is 13.8 Å². The maximum atomic E-state index is 14.5. The van der Waals surface area contributed by atoms with Crippen molar-refractivity contribution in [2.45, 2.75) is 20.1 Å². The van der Waals surface area contributed by atoms with Gasteiger partial charge in [-0.3, -0.25) is 0 Å². The Morgan fingerprint density at radius 3 is 3.05 bits per heavy atom. The summed E-state index contributed by atoms with van der Waals surface area (Å²) >= 11 is 3.11. The van der Waals surface area contributed by atoms with Gasteiger partial charge in [0.15, 0.2) is 11.5 Å². The van der Waals surface area contributed by atoms with Crippen molar-refractivity contribution in [3.8, 4) is 11.3 Å². The first-order chi connectivity index (χ1) is 10.1. The number of rotatable bonds is 4. The normalized spacial score (nSPS) is 13.0. The molecule has 0 amide bonds. The molecule has 3 aromatic rings. The number of nitrogens with zero attached hydrogens (tertiary/aromatic N) is 6. The van der Waals surface area contributed by atoms with Crippen LogP contribution in [0.5, 0.6) is 0 Å². The fourth-order valence-corrected chi connectivity index (χ4v) is 2.32. The molecule has 3 rings (SSSR count). The van der Waals surface area contributed by atoms with Gasteiger partial charge in [-0.25, -0.2) is 14.1 Å². The third-order valence-electron chi connectivity index (χ3n) is 2.96. The fourth-order valence-electron chi connectivity index (χ4n) is 1.98. The SMILES string of the molecule is CCOC(C)n1cc(-c2ncn3nc(Br)nc3c2F)cn1. The molecule has 0 spiro atoms. The number of aromatic nitrogens is 6. The van der Waals surface area contributed by atoms with E-state index in [0.29, 0.717) is 16.9 Å². The minimum atomic E-state index is -0.542. The highest BCUT2D eigenvalue weighted by atomic mass is 79.9. The lowest BCUT2D eigenvalue weighted by Gasteiger charge is -2.11. The Kier molecular flexibility index (Phi) is 3.68. The van der Waals surface area contributed by atoms with Crippen LogP contribution < -0.4 is 0 Å². The molecule has 1 unspecified atom stereocenters. The molecule has 0 aliphatic carbocycles. The predicted octanol–water partition coefficient (Wildman–Crippen LogP) is 2.44. The van der Waals surface area contributed by atoms with Crippen LogP contribution in [0.2, 0.25) is 0 Å². The van der Waals surface area contributed by atoms with E-state index in [-0.39, 0.29) is 17.6 Å². The first kappa shape index (κ1) is 14.1. The molecule has 0 radical (unpaired) electrons. The molecule has 0 aliphatic heterocycles. The molecular weight excluding hydrogens is 343 g/mol. The fraction of sp³-hybridized carbons (Fsp3) is 0.333. The van der Waals surface area contributed by atoms with Gasteiger partial charge in [0.05, 0.1) is 6.20 Å². The largest absolute Gasteiger partial charge is 0.357 e. The van der Waals surface area contributed by atoms with Gasteiger partial charge in [-0.1, -0.05) is 0 Å². The van der Waals surface area contributed by atoms with E-state index in [9.17, 15) is 4.39 Å². The van der Waals surface area contributed by atoms with Crippen LogP contribution in [-0.4, -0.2) is 36.0 Å². The topological polar surface area (TPSA) is 70.1 Å². The Morgan fingerprint density at radius 1 is 1.48 bits per heavy atom. The standard InChI is InChI=1S/C12H12BrFN6O/c1-3-21-7(2)19-5-8(4-16-19)10-9(14)11-17-12(13)18-20(11)6-15-10/h4-7H,3H2,1-2H3. The third-order valence-corrected chi connectivity index (χ3v) is 3.30. The van der Waals surface area contributed by atoms with Crippen LogP contribution in [0.1, 0.15) is 20.1 Å². The molecule has 21 heavy (non-hydrogen) atoms. The van der Waals surface area contributed by atoms with Crippen LogP contribution in [0.15, 0.2) is 23.5 Å². The zero-order valence-electron chi connectivity index (χ0n) is 11.4. The van der Waals surface area contributed by atoms with Gasteiger partial charge in [-0.2, -0.15) is 14.6 Å². The van der Waals surface area contributed by atoms with E-state index in [0.717, 1.165) is 0 Å². The van der Waals surface area contributed by atoms with E-state index >= 15 is 0 Å². The highest BCUT2D eigenvalue weighted by Crippen LogP contribution is 2.23. The van der Waals surface area contributed by atoms with Crippen LogP contribution in [-0.2, 0) is 4.74 Å². The average molecular weight is 355 g/mol. The van der Waals surface area contributed by atoms with Gasteiger partial charge in [0.1, 0.15) is 18.2 Å². The summed E-state index contributed by atoms with van der Waals surface area (Å²) < 4.78 is 23.1. The Bertz CT molecular complexity index is 785. The van der Waals surface area contributed by atoms with Crippen LogP contribution >= 0.6 is 15.9 Å². The maximum absolute atomic E-state index is 14.5. The molecule has 0 bridgehead atoms. The first-order valence-corrected chi connectivity index (χ1v) is 7.12. The Balaban J connectivity index is 2.02. The number of hydrogen-bond acceptors (Lipinski definition) is 5. The van der Waals surface area contributed by atoms with Crippen molar-refractivity contribution in [2.24, 2.45) is 0 Å². The second-order valence-electron chi connectivity index (χ2n) is 4.32. The van der Waals surface area contributed by atoms with Crippen molar-refractivity contribution in [3.05, 3.63) is 29.3 Å². The lowest BCUT2D eigenvalue weighted by molar-refractivity contribution is 0.0160. The summed E-state index contributed by atoms with van der Waals surface area (Å²) in [5.74, 6) is -0.542. The molecular formula is C12H12BrFN6O. The van der Waals surface area contributed by atoms with Crippen LogP contribution in [0.25, 0.3) is 16.9 Å². The molecule has 0 saturated heterocycles. The zero-order valence-corrected chi connectivity index (χ0v) is 12.9. The van der Waals surface area contributed by atoms with Crippen molar-refractivity contribution in [1.29, 1.82) is 0 Å². The van der Waals surface area contributed by atoms with Gasteiger partial charge in [0.2, 0.25) is 4.73 Å². The Morgan fingerprint density at radius 2 is 2.29 bits per heavy atom. The predicted molar refractivity (Wildman–Crippen MR) is 76.0 cm³/mol. The summed E-state index contributed by atoms with van der Waals surface area (Å²) in [6.45, 7) is 4.34. The van der Waals surface area contributed by atoms with Crippen molar-refractivity contribution in [1.82, 2.24) is 29.4 Å². The van der Waals surface area contributed by atoms with Gasteiger partial charge in [-0.15, -0.1) is 5.10 Å². The van der Waals surface area contributed by atoms with Gasteiger partial charge < -0.3 is 4.74 Å². The summed E-state index contributed by atoms with van der Waals surface area (Å²) in [6.07, 6.45) is 4.42. The lowest BCUT2D eigenvalue weighted by atomic mass is 10.2. The number of fused-ring (bicyclic) bond motifs is 1. The lowest BCUT2D eigenvalue weighted by Crippen LogP contribution is -2.09. The molecule has 0 aromatic carbocycles. The van der Waals surface area contributed by atoms with Crippen LogP contribution in [0, 0.1) is 5.82 Å². The smallest absolute Gasteiger partial charge is 0.218 e. The van der Waals surface area contributed by atoms with Gasteiger partial charge in [0.25, 0.3) is 0 Å². The molecule has 110 valence electrons. The van der Waals surface area contributed by atoms with E-state index in [1.165, 1.54) is 10.8 Å². The zero-order chi connectivity index (χ0) is 15.0. The second kappa shape index (κ2) is 5.49. The van der Waals surface area contributed by atoms with Crippen molar-refractivity contribution >= 4 is 21.6 Å². The summed E-state index contributed by atoms with van der Waals surface area (Å²) in [5.41, 5.74) is 0.843. The Hall–Kier alpha value is -1.87. The molecule has 7 nitrogen and oxygen atoms in total. The summed E-state index contributed by atoms with van der Waals surface area (Å²) in [4.78, 5) is 8.05. The quantitative estimate of drug-likeness (QED) is 0.719. The Labute approximate surface area is 127 Å². The maximum Gasteiger partial charge on any atom is 0.218 e. The molecule has 0 aliphatic rings. The van der Waals surface area contributed by atoms with Crippen LogP contribution in [0.3, 0.4) is 0 Å². The number of ether oxygens (including phenoxy) is 1. The molecule has 3 aromatic heterocycles. The minimum absolute atomic E-state index is 0.109. The molecule has 3 heterocycles. The monoisotopic (exact) mass is 354 g/mol. The third kappa shape index (κ3) is 2.54. The van der Waals surface area contributed by atoms with Crippen molar-refractivity contribution in [3.63, 3.8) is 0 Å². The molecule has 0 fully saturated rings. The van der Waals surface area contributed by atoms with Crippen LogP contribution in [0.4, 0.5) is 4.39 Å². The van der Waals surface area contributed by atoms with Gasteiger partial charge >= 0.3 is 0 Å². The van der Waals surface area contributed by atoms with E-state index in [1.54, 1.807) is 17.1 Å². The molecule has 0 N–H and O–H groups in total. The second-order valence-corrected chi connectivity index (χ2v) is 5.03. The highest BCUT2D eigenvalue weighted by Gasteiger charge is 2.17. The van der Waals surface area contributed by atoms with Gasteiger partial charge in [0, 0.05) is 18.4 Å². The molecule has 1 atom stereocenters. The first-order valence-electron chi connectivity index (χ1n) is 6.32. The van der Waals surface area contributed by atoms with Gasteiger partial charge in [-0.05, 0) is 29.8 Å². The summed E-state index contributed by atoms with van der Waals surface area (Å²) in [7, 11) is 0. The van der Waals surface area contributed by atoms with E-state index in [2.05, 4.69) is 36.1 Å². The average Bonchev–Trinajstić information content (AvgIpc) is 3.06. The summed E-state index contributed by atoms with van der Waals surface area (Å²) in [6, 6.07) is 0. The molecule has 0 saturated carbocycles. The molecule has 9 heteroatoms. The van der Waals surface area contributed by atoms with E-state index in [4.69, 9.17) is 4.74 Å². The highest BCUT2D eigenvalue weighted by molar-refractivity contribution is 9.10. The van der Waals surface area contributed by atoms with E-state index < -0.39 is 5.82 Å². The summed E-state index contributed by atoms with van der Waals surface area (Å²) in [5, 5.41) is 8.12. The minimum Gasteiger partial charge on any atom is -0.357 e.